The molecule has 0 unspecified atom stereocenters. The summed E-state index contributed by atoms with van der Waals surface area (Å²) in [6.07, 6.45) is 4.88. The number of rotatable bonds is 4. The van der Waals surface area contributed by atoms with Crippen molar-refractivity contribution in [1.82, 2.24) is 0 Å². The zero-order valence-electron chi connectivity index (χ0n) is 5.14. The molecule has 0 bridgehead atoms. The largest absolute Gasteiger partial charge is 0.478 e. The van der Waals surface area contributed by atoms with Crippen LogP contribution in [0.3, 0.4) is 0 Å². The molecule has 0 saturated carbocycles. The van der Waals surface area contributed by atoms with Gasteiger partial charge in [-0.3, -0.25) is 0 Å². The fraction of sp³-hybridized carbons (Fsp3) is 0.143. The van der Waals surface area contributed by atoms with Gasteiger partial charge in [-0.15, -0.1) is 0 Å². The van der Waals surface area contributed by atoms with Crippen molar-refractivity contribution in [2.75, 3.05) is 6.07 Å². The van der Waals surface area contributed by atoms with Crippen molar-refractivity contribution in [2.24, 2.45) is 0 Å². The number of ether oxygens (including phenoxy) is 1. The van der Waals surface area contributed by atoms with Gasteiger partial charge < -0.3 is 4.74 Å². The van der Waals surface area contributed by atoms with Crippen LogP contribution in [0.5, 0.6) is 0 Å². The molecule has 0 aromatic heterocycles. The Bertz CT molecular complexity index is 127. The van der Waals surface area contributed by atoms with Crippen LogP contribution in [-0.2, 0) is 4.74 Å². The summed E-state index contributed by atoms with van der Waals surface area (Å²) in [6, 6.07) is 0.145. The monoisotopic (exact) mass is 144 g/mol. The highest BCUT2D eigenvalue weighted by molar-refractivity contribution is 6.17. The number of halogens is 1. The van der Waals surface area contributed by atoms with E-state index >= 15 is 0 Å². The molecule has 50 valence electrons. The maximum atomic E-state index is 5.27. The maximum Gasteiger partial charge on any atom is 0.162 e. The van der Waals surface area contributed by atoms with Gasteiger partial charge in [0.05, 0.1) is 0 Å². The molecule has 1 nitrogen and oxygen atoms in total. The molecule has 0 N–H and O–H groups in total. The predicted octanol–water partition coefficient (Wildman–Crippen LogP) is 2.46. The third kappa shape index (κ3) is 3.86. The third-order valence-electron chi connectivity index (χ3n) is 0.705. The standard InChI is InChI=1S/C7H9ClO/c1-3-5-7(4-2)9-6-8/h3-5H,1-2,6H2. The second-order valence-electron chi connectivity index (χ2n) is 1.26. The summed E-state index contributed by atoms with van der Waals surface area (Å²) in [5, 5.41) is 0. The van der Waals surface area contributed by atoms with Crippen LogP contribution < -0.4 is 0 Å². The van der Waals surface area contributed by atoms with E-state index in [1.165, 1.54) is 0 Å². The minimum Gasteiger partial charge on any atom is -0.478 e. The Morgan fingerprint density at radius 3 is 2.56 bits per heavy atom. The Morgan fingerprint density at radius 1 is 1.56 bits per heavy atom. The van der Waals surface area contributed by atoms with Crippen molar-refractivity contribution in [3.8, 4) is 0 Å². The minimum atomic E-state index is 0.145. The summed E-state index contributed by atoms with van der Waals surface area (Å²) in [4.78, 5) is 0. The van der Waals surface area contributed by atoms with E-state index in [4.69, 9.17) is 16.3 Å². The highest BCUT2D eigenvalue weighted by Gasteiger charge is 1.84. The van der Waals surface area contributed by atoms with Crippen molar-refractivity contribution in [3.05, 3.63) is 37.1 Å². The molecule has 0 saturated heterocycles. The van der Waals surface area contributed by atoms with Gasteiger partial charge >= 0.3 is 0 Å². The lowest BCUT2D eigenvalue weighted by Gasteiger charge is -1.98. The Hall–Kier alpha value is -0.690. The van der Waals surface area contributed by atoms with Gasteiger partial charge in [0.25, 0.3) is 0 Å². The Balaban J connectivity index is 3.80. The van der Waals surface area contributed by atoms with Crippen LogP contribution in [-0.4, -0.2) is 6.07 Å². The first-order valence-corrected chi connectivity index (χ1v) is 3.02. The van der Waals surface area contributed by atoms with Crippen LogP contribution in [0.2, 0.25) is 0 Å². The van der Waals surface area contributed by atoms with E-state index in [1.54, 1.807) is 18.2 Å². The molecule has 0 aromatic carbocycles. The second-order valence-corrected chi connectivity index (χ2v) is 1.48. The maximum absolute atomic E-state index is 5.27. The molecule has 0 radical (unpaired) electrons. The molecule has 0 fully saturated rings. The summed E-state index contributed by atoms with van der Waals surface area (Å²) in [6.45, 7) is 6.98. The van der Waals surface area contributed by atoms with Crippen LogP contribution in [0, 0.1) is 0 Å². The van der Waals surface area contributed by atoms with Crippen molar-refractivity contribution >= 4 is 11.6 Å². The average Bonchev–Trinajstić information content (AvgIpc) is 1.88. The molecular weight excluding hydrogens is 136 g/mol. The van der Waals surface area contributed by atoms with Crippen LogP contribution in [0.4, 0.5) is 0 Å². The molecule has 0 aromatic rings. The van der Waals surface area contributed by atoms with Crippen LogP contribution in [0.15, 0.2) is 37.1 Å². The topological polar surface area (TPSA) is 9.23 Å². The molecule has 0 atom stereocenters. The number of hydrogen-bond donors (Lipinski definition) is 0. The summed E-state index contributed by atoms with van der Waals surface area (Å²) < 4.78 is 4.87. The van der Waals surface area contributed by atoms with Gasteiger partial charge in [-0.1, -0.05) is 30.8 Å². The Labute approximate surface area is 60.3 Å². The first-order chi connectivity index (χ1) is 4.35. The summed E-state index contributed by atoms with van der Waals surface area (Å²) in [5.41, 5.74) is 0. The molecule has 0 rings (SSSR count). The van der Waals surface area contributed by atoms with E-state index in [0.29, 0.717) is 5.76 Å². The minimum absolute atomic E-state index is 0.145. The van der Waals surface area contributed by atoms with Gasteiger partial charge in [0.2, 0.25) is 0 Å². The summed E-state index contributed by atoms with van der Waals surface area (Å²) in [7, 11) is 0. The highest BCUT2D eigenvalue weighted by atomic mass is 35.5. The smallest absolute Gasteiger partial charge is 0.162 e. The summed E-state index contributed by atoms with van der Waals surface area (Å²) >= 11 is 5.27. The van der Waals surface area contributed by atoms with Crippen molar-refractivity contribution in [2.45, 2.75) is 0 Å². The molecule has 0 amide bonds. The molecule has 0 aliphatic rings. The third-order valence-corrected chi connectivity index (χ3v) is 0.814. The predicted molar refractivity (Wildman–Crippen MR) is 40.3 cm³/mol. The Kier molecular flexibility index (Phi) is 5.03. The second kappa shape index (κ2) is 5.45. The number of hydrogen-bond acceptors (Lipinski definition) is 1. The normalized spacial score (nSPS) is 10.6. The van der Waals surface area contributed by atoms with Gasteiger partial charge in [-0.2, -0.15) is 0 Å². The van der Waals surface area contributed by atoms with Crippen molar-refractivity contribution in [1.29, 1.82) is 0 Å². The van der Waals surface area contributed by atoms with Gasteiger partial charge in [-0.25, -0.2) is 0 Å². The number of allylic oxidation sites excluding steroid dienone is 3. The Morgan fingerprint density at radius 2 is 2.22 bits per heavy atom. The van der Waals surface area contributed by atoms with E-state index < -0.39 is 0 Å². The molecule has 0 aliphatic carbocycles. The van der Waals surface area contributed by atoms with Gasteiger partial charge in [-0.05, 0) is 12.2 Å². The van der Waals surface area contributed by atoms with E-state index in [9.17, 15) is 0 Å². The van der Waals surface area contributed by atoms with E-state index in [2.05, 4.69) is 13.2 Å². The first kappa shape index (κ1) is 8.31. The molecule has 0 heterocycles. The SMILES string of the molecule is C=CC=C(C=C)OCCl. The quantitative estimate of drug-likeness (QED) is 0.335. The lowest BCUT2D eigenvalue weighted by Crippen LogP contribution is -1.83. The first-order valence-electron chi connectivity index (χ1n) is 2.49. The highest BCUT2D eigenvalue weighted by Crippen LogP contribution is 1.98. The summed E-state index contributed by atoms with van der Waals surface area (Å²) in [5.74, 6) is 0.639. The van der Waals surface area contributed by atoms with E-state index in [-0.39, 0.29) is 6.07 Å². The van der Waals surface area contributed by atoms with Gasteiger partial charge in [0.1, 0.15) is 5.76 Å². The zero-order chi connectivity index (χ0) is 7.11. The van der Waals surface area contributed by atoms with Gasteiger partial charge in [0.15, 0.2) is 6.07 Å². The van der Waals surface area contributed by atoms with Crippen molar-refractivity contribution in [3.63, 3.8) is 0 Å². The molecule has 0 aliphatic heterocycles. The van der Waals surface area contributed by atoms with Crippen LogP contribution in [0.25, 0.3) is 0 Å². The lowest BCUT2D eigenvalue weighted by molar-refractivity contribution is 0.283. The molecule has 2 heteroatoms. The fourth-order valence-corrected chi connectivity index (χ4v) is 0.480. The number of alkyl halides is 1. The van der Waals surface area contributed by atoms with E-state index in [1.807, 2.05) is 0 Å². The van der Waals surface area contributed by atoms with Gasteiger partial charge in [0, 0.05) is 0 Å². The molecular formula is C7H9ClO. The van der Waals surface area contributed by atoms with Crippen LogP contribution in [0.1, 0.15) is 0 Å². The van der Waals surface area contributed by atoms with Crippen LogP contribution >= 0.6 is 11.6 Å². The molecule has 9 heavy (non-hydrogen) atoms. The molecule has 0 spiro atoms. The average molecular weight is 145 g/mol. The fourth-order valence-electron chi connectivity index (χ4n) is 0.354. The zero-order valence-corrected chi connectivity index (χ0v) is 5.90. The van der Waals surface area contributed by atoms with Crippen molar-refractivity contribution < 1.29 is 4.74 Å². The van der Waals surface area contributed by atoms with E-state index in [0.717, 1.165) is 0 Å². The lowest BCUT2D eigenvalue weighted by atomic mass is 10.4.